The summed E-state index contributed by atoms with van der Waals surface area (Å²) < 4.78 is 11.7. The molecule has 0 aromatic rings. The monoisotopic (exact) mass is 102 g/mol. The highest BCUT2D eigenvalue weighted by atomic mass is 19.1. The van der Waals surface area contributed by atoms with Gasteiger partial charge in [-0.3, -0.25) is 4.99 Å². The van der Waals surface area contributed by atoms with Crippen molar-refractivity contribution in [2.24, 2.45) is 10.7 Å². The molecule has 0 aliphatic carbocycles. The Balaban J connectivity index is 3.58. The quantitative estimate of drug-likeness (QED) is 0.480. The molecule has 0 aliphatic rings. The van der Waals surface area contributed by atoms with E-state index in [1.54, 1.807) is 0 Å². The summed E-state index contributed by atoms with van der Waals surface area (Å²) in [6, 6.07) is 0. The zero-order valence-corrected chi connectivity index (χ0v) is 4.06. The van der Waals surface area contributed by atoms with Gasteiger partial charge in [0.15, 0.2) is 5.83 Å². The minimum Gasteiger partial charge on any atom is -0.402 e. The van der Waals surface area contributed by atoms with Gasteiger partial charge >= 0.3 is 0 Å². The van der Waals surface area contributed by atoms with Crippen molar-refractivity contribution in [1.29, 1.82) is 0 Å². The average Bonchev–Trinajstić information content (AvgIpc) is 1.68. The molecular weight excluding hydrogens is 95.1 g/mol. The van der Waals surface area contributed by atoms with Gasteiger partial charge in [0, 0.05) is 13.2 Å². The first-order chi connectivity index (χ1) is 3.31. The molecule has 0 rings (SSSR count). The van der Waals surface area contributed by atoms with Crippen molar-refractivity contribution in [3.63, 3.8) is 0 Å². The Morgan fingerprint density at radius 1 is 1.86 bits per heavy atom. The summed E-state index contributed by atoms with van der Waals surface area (Å²) in [4.78, 5) is 3.36. The van der Waals surface area contributed by atoms with Crippen LogP contribution in [0.3, 0.4) is 0 Å². The second-order valence-corrected chi connectivity index (χ2v) is 0.939. The van der Waals surface area contributed by atoms with Gasteiger partial charge < -0.3 is 5.73 Å². The number of nitrogens with two attached hydrogens (primary N) is 1. The molecule has 0 saturated heterocycles. The summed E-state index contributed by atoms with van der Waals surface area (Å²) in [7, 11) is 1.48. The van der Waals surface area contributed by atoms with Crippen LogP contribution < -0.4 is 5.73 Å². The highest BCUT2D eigenvalue weighted by molar-refractivity contribution is 5.74. The fourth-order valence-corrected chi connectivity index (χ4v) is 0.166. The van der Waals surface area contributed by atoms with Gasteiger partial charge in [-0.15, -0.1) is 0 Å². The van der Waals surface area contributed by atoms with E-state index in [2.05, 4.69) is 4.99 Å². The lowest BCUT2D eigenvalue weighted by Gasteiger charge is -1.76. The molecule has 0 spiro atoms. The second-order valence-electron chi connectivity index (χ2n) is 0.939. The maximum Gasteiger partial charge on any atom is 0.156 e. The zero-order chi connectivity index (χ0) is 5.70. The molecule has 0 aromatic heterocycles. The number of rotatable bonds is 1. The van der Waals surface area contributed by atoms with Crippen molar-refractivity contribution < 1.29 is 4.39 Å². The third-order valence-electron chi connectivity index (χ3n) is 0.412. The molecule has 40 valence electrons. The molecule has 2 N–H and O–H groups in total. The molecule has 0 heterocycles. The fourth-order valence-electron chi connectivity index (χ4n) is 0.166. The molecule has 3 heteroatoms. The molecule has 0 fully saturated rings. The van der Waals surface area contributed by atoms with Gasteiger partial charge in [0.05, 0.1) is 6.21 Å². The predicted molar refractivity (Wildman–Crippen MR) is 27.8 cm³/mol. The van der Waals surface area contributed by atoms with Gasteiger partial charge in [0.1, 0.15) is 0 Å². The summed E-state index contributed by atoms with van der Waals surface area (Å²) in [5.74, 6) is -0.512. The Labute approximate surface area is 41.5 Å². The van der Waals surface area contributed by atoms with Crippen LogP contribution in [0.4, 0.5) is 4.39 Å². The summed E-state index contributed by atoms with van der Waals surface area (Å²) in [6.45, 7) is 0. The minimum atomic E-state index is -0.512. The molecular formula is C4H7FN2. The van der Waals surface area contributed by atoms with E-state index < -0.39 is 5.83 Å². The summed E-state index contributed by atoms with van der Waals surface area (Å²) in [5.41, 5.74) is 4.73. The van der Waals surface area contributed by atoms with Gasteiger partial charge in [-0.2, -0.15) is 0 Å². The fraction of sp³-hybridized carbons (Fsp3) is 0.250. The summed E-state index contributed by atoms with van der Waals surface area (Å²) in [5, 5.41) is 0. The number of hydrogen-bond acceptors (Lipinski definition) is 2. The first kappa shape index (κ1) is 6.14. The summed E-state index contributed by atoms with van der Waals surface area (Å²) >= 11 is 0. The normalized spacial score (nSPS) is 13.1. The minimum absolute atomic E-state index is 0.512. The summed E-state index contributed by atoms with van der Waals surface area (Å²) in [6.07, 6.45) is 1.90. The highest BCUT2D eigenvalue weighted by Crippen LogP contribution is 1.84. The zero-order valence-electron chi connectivity index (χ0n) is 4.06. The number of nitrogens with zero attached hydrogens (tertiary/aromatic N) is 1. The van der Waals surface area contributed by atoms with E-state index in [-0.39, 0.29) is 0 Å². The maximum absolute atomic E-state index is 11.7. The van der Waals surface area contributed by atoms with Crippen LogP contribution in [0.15, 0.2) is 17.0 Å². The van der Waals surface area contributed by atoms with Crippen LogP contribution in [-0.2, 0) is 0 Å². The van der Waals surface area contributed by atoms with Gasteiger partial charge in [0.2, 0.25) is 0 Å². The third-order valence-corrected chi connectivity index (χ3v) is 0.412. The van der Waals surface area contributed by atoms with Crippen LogP contribution in [-0.4, -0.2) is 13.3 Å². The molecule has 7 heavy (non-hydrogen) atoms. The van der Waals surface area contributed by atoms with E-state index in [0.717, 1.165) is 12.4 Å². The van der Waals surface area contributed by atoms with Crippen molar-refractivity contribution in [3.05, 3.63) is 12.0 Å². The number of hydrogen-bond donors (Lipinski definition) is 1. The molecule has 0 unspecified atom stereocenters. The largest absolute Gasteiger partial charge is 0.402 e. The lowest BCUT2D eigenvalue weighted by Crippen LogP contribution is -1.82. The van der Waals surface area contributed by atoms with Crippen molar-refractivity contribution in [2.45, 2.75) is 0 Å². The van der Waals surface area contributed by atoms with Crippen molar-refractivity contribution in [1.82, 2.24) is 0 Å². The second kappa shape index (κ2) is 3.33. The molecule has 0 amide bonds. The molecule has 0 bridgehead atoms. The topological polar surface area (TPSA) is 38.4 Å². The van der Waals surface area contributed by atoms with E-state index in [1.165, 1.54) is 7.05 Å². The smallest absolute Gasteiger partial charge is 0.156 e. The number of halogens is 1. The molecule has 0 aromatic carbocycles. The van der Waals surface area contributed by atoms with E-state index in [4.69, 9.17) is 5.73 Å². The Bertz CT molecular complexity index is 95.9. The van der Waals surface area contributed by atoms with Gasteiger partial charge in [-0.05, 0) is 0 Å². The van der Waals surface area contributed by atoms with Crippen LogP contribution in [0, 0.1) is 0 Å². The highest BCUT2D eigenvalue weighted by Gasteiger charge is 1.78. The van der Waals surface area contributed by atoms with Crippen molar-refractivity contribution in [3.8, 4) is 0 Å². The van der Waals surface area contributed by atoms with Crippen LogP contribution in [0.2, 0.25) is 0 Å². The number of aliphatic imine (C=N–C) groups is 1. The first-order valence-electron chi connectivity index (χ1n) is 1.81. The van der Waals surface area contributed by atoms with Gasteiger partial charge in [-0.25, -0.2) is 4.39 Å². The van der Waals surface area contributed by atoms with Crippen molar-refractivity contribution >= 4 is 6.21 Å². The maximum atomic E-state index is 11.7. The predicted octanol–water partition coefficient (Wildman–Crippen LogP) is 0.457. The lowest BCUT2D eigenvalue weighted by molar-refractivity contribution is 0.683. The van der Waals surface area contributed by atoms with Gasteiger partial charge in [0.25, 0.3) is 0 Å². The molecule has 2 nitrogen and oxygen atoms in total. The first-order valence-corrected chi connectivity index (χ1v) is 1.81. The van der Waals surface area contributed by atoms with E-state index in [9.17, 15) is 4.39 Å². The lowest BCUT2D eigenvalue weighted by atomic mass is 10.6. The van der Waals surface area contributed by atoms with E-state index in [0.29, 0.717) is 0 Å². The van der Waals surface area contributed by atoms with E-state index >= 15 is 0 Å². The standard InChI is InChI=1S/C4H7FN2/c1-7-3-4(5)2-6/h2-3H,6H2,1H3. The molecule has 0 saturated carbocycles. The Morgan fingerprint density at radius 2 is 2.43 bits per heavy atom. The van der Waals surface area contributed by atoms with Crippen LogP contribution in [0.25, 0.3) is 0 Å². The van der Waals surface area contributed by atoms with Gasteiger partial charge in [-0.1, -0.05) is 0 Å². The average molecular weight is 102 g/mol. The number of allylic oxidation sites excluding steroid dienone is 1. The third kappa shape index (κ3) is 2.96. The van der Waals surface area contributed by atoms with E-state index in [1.807, 2.05) is 0 Å². The molecule has 0 radical (unpaired) electrons. The Morgan fingerprint density at radius 3 is 2.57 bits per heavy atom. The molecule has 0 aliphatic heterocycles. The van der Waals surface area contributed by atoms with Crippen molar-refractivity contribution in [2.75, 3.05) is 7.05 Å². The van der Waals surface area contributed by atoms with Crippen LogP contribution >= 0.6 is 0 Å². The Kier molecular flexibility index (Phi) is 2.92. The SMILES string of the molecule is CN=CC(F)=CN. The van der Waals surface area contributed by atoms with Crippen LogP contribution in [0.5, 0.6) is 0 Å². The Hall–Kier alpha value is -0.860. The molecule has 0 atom stereocenters. The van der Waals surface area contributed by atoms with Crippen LogP contribution in [0.1, 0.15) is 0 Å².